The molecule has 3 aromatic rings. The number of aromatic amines is 1. The standard InChI is InChI=1S/C27H31N3O4/c1-17-7-9-22-21(15-17)19-5-4-6-20(25(19)28-22)27(32)30-13-11-29(12-14-30)26(31)18-8-10-23(33-2)24(16-18)34-3/h4-6,8,10,16-17,28H,7,9,11-15H2,1-3H3. The number of hydrogen-bond acceptors (Lipinski definition) is 4. The van der Waals surface area contributed by atoms with Crippen molar-refractivity contribution in [1.82, 2.24) is 14.8 Å². The van der Waals surface area contributed by atoms with Crippen LogP contribution in [0.25, 0.3) is 10.9 Å². The van der Waals surface area contributed by atoms with Gasteiger partial charge in [-0.25, -0.2) is 0 Å². The number of benzene rings is 2. The van der Waals surface area contributed by atoms with Gasteiger partial charge in [0, 0.05) is 42.8 Å². The number of hydrogen-bond donors (Lipinski definition) is 1. The van der Waals surface area contributed by atoms with E-state index in [2.05, 4.69) is 18.0 Å². The van der Waals surface area contributed by atoms with Gasteiger partial charge in [0.2, 0.25) is 0 Å². The molecule has 0 saturated carbocycles. The summed E-state index contributed by atoms with van der Waals surface area (Å²) in [5, 5.41) is 1.18. The lowest BCUT2D eigenvalue weighted by atomic mass is 9.87. The van der Waals surface area contributed by atoms with Crippen LogP contribution < -0.4 is 9.47 Å². The molecule has 178 valence electrons. The van der Waals surface area contributed by atoms with Crippen molar-refractivity contribution in [2.75, 3.05) is 40.4 Å². The van der Waals surface area contributed by atoms with E-state index in [0.29, 0.717) is 49.2 Å². The van der Waals surface area contributed by atoms with Crippen molar-refractivity contribution in [3.63, 3.8) is 0 Å². The van der Waals surface area contributed by atoms with E-state index < -0.39 is 0 Å². The Morgan fingerprint density at radius 2 is 1.65 bits per heavy atom. The number of rotatable bonds is 4. The number of fused-ring (bicyclic) bond motifs is 3. The summed E-state index contributed by atoms with van der Waals surface area (Å²) in [5.41, 5.74) is 4.87. The summed E-state index contributed by atoms with van der Waals surface area (Å²) in [7, 11) is 3.12. The van der Waals surface area contributed by atoms with E-state index in [4.69, 9.17) is 9.47 Å². The zero-order chi connectivity index (χ0) is 23.8. The number of methoxy groups -OCH3 is 2. The molecule has 1 atom stereocenters. The number of H-pyrrole nitrogens is 1. The Bertz CT molecular complexity index is 1240. The number of carbonyl (C=O) groups is 2. The molecule has 1 aromatic heterocycles. The maximum Gasteiger partial charge on any atom is 0.256 e. The molecule has 0 spiro atoms. The fourth-order valence-corrected chi connectivity index (χ4v) is 5.23. The van der Waals surface area contributed by atoms with E-state index in [1.54, 1.807) is 37.3 Å². The highest BCUT2D eigenvalue weighted by Gasteiger charge is 2.28. The second-order valence-corrected chi connectivity index (χ2v) is 9.31. The monoisotopic (exact) mass is 461 g/mol. The highest BCUT2D eigenvalue weighted by atomic mass is 16.5. The van der Waals surface area contributed by atoms with E-state index in [1.165, 1.54) is 23.1 Å². The third-order valence-electron chi connectivity index (χ3n) is 7.18. The van der Waals surface area contributed by atoms with Gasteiger partial charge < -0.3 is 24.3 Å². The Hall–Kier alpha value is -3.48. The van der Waals surface area contributed by atoms with Crippen LogP contribution in [0, 0.1) is 5.92 Å². The van der Waals surface area contributed by atoms with Crippen molar-refractivity contribution < 1.29 is 19.1 Å². The third kappa shape index (κ3) is 3.89. The molecule has 0 radical (unpaired) electrons. The quantitative estimate of drug-likeness (QED) is 0.639. The summed E-state index contributed by atoms with van der Waals surface area (Å²) < 4.78 is 10.6. The van der Waals surface area contributed by atoms with Crippen molar-refractivity contribution in [2.45, 2.75) is 26.2 Å². The minimum Gasteiger partial charge on any atom is -0.493 e. The molecule has 7 heteroatoms. The van der Waals surface area contributed by atoms with E-state index in [-0.39, 0.29) is 11.8 Å². The molecule has 7 nitrogen and oxygen atoms in total. The molecule has 1 fully saturated rings. The average molecular weight is 462 g/mol. The second-order valence-electron chi connectivity index (χ2n) is 9.31. The summed E-state index contributed by atoms with van der Waals surface area (Å²) in [5.74, 6) is 1.74. The first-order valence-electron chi connectivity index (χ1n) is 11.9. The molecule has 2 amide bonds. The number of carbonyl (C=O) groups excluding carboxylic acids is 2. The van der Waals surface area contributed by atoms with Crippen LogP contribution >= 0.6 is 0 Å². The SMILES string of the molecule is COc1ccc(C(=O)N2CCN(C(=O)c3cccc4c5c([nH]c34)CCC(C)C5)CC2)cc1OC. The van der Waals surface area contributed by atoms with Crippen LogP contribution in [-0.2, 0) is 12.8 Å². The molecule has 2 aliphatic rings. The first kappa shape index (κ1) is 22.3. The van der Waals surface area contributed by atoms with Crippen molar-refractivity contribution in [3.05, 3.63) is 58.8 Å². The van der Waals surface area contributed by atoms with Gasteiger partial charge >= 0.3 is 0 Å². The summed E-state index contributed by atoms with van der Waals surface area (Å²) in [4.78, 5) is 33.7. The number of aryl methyl sites for hydroxylation is 1. The normalized spacial score (nSPS) is 18.0. The van der Waals surface area contributed by atoms with Crippen molar-refractivity contribution in [1.29, 1.82) is 0 Å². The molecule has 1 N–H and O–H groups in total. The van der Waals surface area contributed by atoms with Gasteiger partial charge in [0.25, 0.3) is 11.8 Å². The van der Waals surface area contributed by atoms with E-state index in [0.717, 1.165) is 23.9 Å². The Kier molecular flexibility index (Phi) is 5.94. The molecule has 1 unspecified atom stereocenters. The number of aromatic nitrogens is 1. The van der Waals surface area contributed by atoms with Gasteiger partial charge in [0.05, 0.1) is 25.3 Å². The highest BCUT2D eigenvalue weighted by Crippen LogP contribution is 2.33. The Morgan fingerprint density at radius 3 is 2.35 bits per heavy atom. The predicted octanol–water partition coefficient (Wildman–Crippen LogP) is 3.91. The minimum atomic E-state index is -0.0682. The zero-order valence-electron chi connectivity index (χ0n) is 20.0. The minimum absolute atomic E-state index is 0.0236. The molecule has 1 aliphatic carbocycles. The van der Waals surface area contributed by atoms with Crippen LogP contribution in [0.5, 0.6) is 11.5 Å². The number of nitrogens with one attached hydrogen (secondary N) is 1. The molecule has 0 bridgehead atoms. The Labute approximate surface area is 199 Å². The fraction of sp³-hybridized carbons (Fsp3) is 0.407. The maximum atomic E-state index is 13.5. The van der Waals surface area contributed by atoms with Crippen LogP contribution in [0.15, 0.2) is 36.4 Å². The van der Waals surface area contributed by atoms with Crippen LogP contribution in [0.4, 0.5) is 0 Å². The fourth-order valence-electron chi connectivity index (χ4n) is 5.23. The third-order valence-corrected chi connectivity index (χ3v) is 7.18. The van der Waals surface area contributed by atoms with E-state index in [9.17, 15) is 9.59 Å². The Morgan fingerprint density at radius 1 is 0.941 bits per heavy atom. The van der Waals surface area contributed by atoms with Gasteiger partial charge in [-0.2, -0.15) is 0 Å². The average Bonchev–Trinajstić information content (AvgIpc) is 3.25. The number of amides is 2. The molecule has 1 aliphatic heterocycles. The molecular formula is C27H31N3O4. The van der Waals surface area contributed by atoms with Crippen LogP contribution in [-0.4, -0.2) is 67.0 Å². The summed E-state index contributed by atoms with van der Waals surface area (Å²) in [6.45, 7) is 4.29. The van der Waals surface area contributed by atoms with Gasteiger partial charge in [-0.1, -0.05) is 19.1 Å². The summed E-state index contributed by atoms with van der Waals surface area (Å²) in [6, 6.07) is 11.2. The largest absolute Gasteiger partial charge is 0.493 e. The molecule has 34 heavy (non-hydrogen) atoms. The number of piperazine rings is 1. The Balaban J connectivity index is 1.30. The van der Waals surface area contributed by atoms with Crippen LogP contribution in [0.1, 0.15) is 45.3 Å². The first-order chi connectivity index (χ1) is 16.5. The van der Waals surface area contributed by atoms with Gasteiger partial charge in [-0.15, -0.1) is 0 Å². The van der Waals surface area contributed by atoms with E-state index in [1.807, 2.05) is 17.0 Å². The van der Waals surface area contributed by atoms with Crippen LogP contribution in [0.2, 0.25) is 0 Å². The lowest BCUT2D eigenvalue weighted by Crippen LogP contribution is -2.50. The first-order valence-corrected chi connectivity index (χ1v) is 11.9. The van der Waals surface area contributed by atoms with Gasteiger partial charge in [0.15, 0.2) is 11.5 Å². The number of para-hydroxylation sites is 1. The molecular weight excluding hydrogens is 430 g/mol. The molecule has 2 aromatic carbocycles. The smallest absolute Gasteiger partial charge is 0.256 e. The molecule has 2 heterocycles. The lowest BCUT2D eigenvalue weighted by molar-refractivity contribution is 0.0536. The van der Waals surface area contributed by atoms with Crippen LogP contribution in [0.3, 0.4) is 0 Å². The van der Waals surface area contributed by atoms with Gasteiger partial charge in [-0.05, 0) is 55.0 Å². The van der Waals surface area contributed by atoms with Gasteiger partial charge in [0.1, 0.15) is 0 Å². The molecule has 1 saturated heterocycles. The summed E-state index contributed by atoms with van der Waals surface area (Å²) >= 11 is 0. The predicted molar refractivity (Wildman–Crippen MR) is 131 cm³/mol. The van der Waals surface area contributed by atoms with Crippen molar-refractivity contribution in [2.24, 2.45) is 5.92 Å². The topological polar surface area (TPSA) is 74.9 Å². The number of ether oxygens (including phenoxy) is 2. The van der Waals surface area contributed by atoms with Gasteiger partial charge in [-0.3, -0.25) is 9.59 Å². The summed E-state index contributed by atoms with van der Waals surface area (Å²) in [6.07, 6.45) is 3.28. The molecule has 5 rings (SSSR count). The highest BCUT2D eigenvalue weighted by molar-refractivity contribution is 6.07. The van der Waals surface area contributed by atoms with Crippen molar-refractivity contribution >= 4 is 22.7 Å². The lowest BCUT2D eigenvalue weighted by Gasteiger charge is -2.35. The second kappa shape index (κ2) is 9.05. The zero-order valence-corrected chi connectivity index (χ0v) is 20.0. The maximum absolute atomic E-state index is 13.5. The van der Waals surface area contributed by atoms with Crippen molar-refractivity contribution in [3.8, 4) is 11.5 Å². The van der Waals surface area contributed by atoms with E-state index >= 15 is 0 Å². The number of nitrogens with zero attached hydrogens (tertiary/aromatic N) is 2.